The molecule has 5 heteroatoms. The first-order valence-electron chi connectivity index (χ1n) is 10.8. The van der Waals surface area contributed by atoms with Crippen LogP contribution in [0.3, 0.4) is 0 Å². The van der Waals surface area contributed by atoms with E-state index in [-0.39, 0.29) is 6.04 Å². The molecular weight excluding hydrogens is 394 g/mol. The molecule has 5 nitrogen and oxygen atoms in total. The van der Waals surface area contributed by atoms with Crippen molar-refractivity contribution in [2.24, 2.45) is 4.99 Å². The Hall–Kier alpha value is -3.86. The summed E-state index contributed by atoms with van der Waals surface area (Å²) in [7, 11) is 0. The molecule has 1 unspecified atom stereocenters. The first-order valence-corrected chi connectivity index (χ1v) is 10.8. The SMILES string of the molecule is C=Nc1cc(-c2cc(NC(C)c3cccnc3)cc3nccnc23)ccc1/C=C\C.CC. The molecule has 0 saturated heterocycles. The Labute approximate surface area is 190 Å². The van der Waals surface area contributed by atoms with Crippen molar-refractivity contribution < 1.29 is 0 Å². The van der Waals surface area contributed by atoms with Crippen molar-refractivity contribution in [1.29, 1.82) is 0 Å². The second-order valence-corrected chi connectivity index (χ2v) is 7.03. The minimum Gasteiger partial charge on any atom is -0.378 e. The highest BCUT2D eigenvalue weighted by molar-refractivity contribution is 5.95. The molecule has 0 radical (unpaired) electrons. The summed E-state index contributed by atoms with van der Waals surface area (Å²) in [6.07, 6.45) is 11.1. The lowest BCUT2D eigenvalue weighted by atomic mass is 9.99. The summed E-state index contributed by atoms with van der Waals surface area (Å²) in [5.74, 6) is 0. The van der Waals surface area contributed by atoms with E-state index in [1.807, 2.05) is 57.3 Å². The van der Waals surface area contributed by atoms with Crippen LogP contribution in [0.4, 0.5) is 11.4 Å². The van der Waals surface area contributed by atoms with Gasteiger partial charge in [-0.15, -0.1) is 0 Å². The number of aromatic nitrogens is 3. The number of anilines is 1. The van der Waals surface area contributed by atoms with Crippen LogP contribution in [0, 0.1) is 0 Å². The largest absolute Gasteiger partial charge is 0.378 e. The van der Waals surface area contributed by atoms with E-state index in [0.717, 1.165) is 44.7 Å². The van der Waals surface area contributed by atoms with Crippen LogP contribution in [0.1, 0.15) is 44.9 Å². The summed E-state index contributed by atoms with van der Waals surface area (Å²) in [5, 5.41) is 3.57. The van der Waals surface area contributed by atoms with Gasteiger partial charge < -0.3 is 5.32 Å². The van der Waals surface area contributed by atoms with E-state index in [1.165, 1.54) is 0 Å². The summed E-state index contributed by atoms with van der Waals surface area (Å²) in [4.78, 5) is 17.6. The Morgan fingerprint density at radius 2 is 1.84 bits per heavy atom. The second-order valence-electron chi connectivity index (χ2n) is 7.03. The molecule has 0 fully saturated rings. The lowest BCUT2D eigenvalue weighted by Crippen LogP contribution is -2.07. The fraction of sp³-hybridized carbons (Fsp3) is 0.185. The molecule has 2 aromatic heterocycles. The molecule has 1 atom stereocenters. The van der Waals surface area contributed by atoms with Crippen LogP contribution in [0.5, 0.6) is 0 Å². The van der Waals surface area contributed by atoms with Gasteiger partial charge in [0.2, 0.25) is 0 Å². The van der Waals surface area contributed by atoms with E-state index in [2.05, 4.69) is 63.2 Å². The Kier molecular flexibility index (Phi) is 7.81. The fourth-order valence-corrected chi connectivity index (χ4v) is 3.51. The van der Waals surface area contributed by atoms with Crippen molar-refractivity contribution in [1.82, 2.24) is 15.0 Å². The minimum atomic E-state index is 0.100. The standard InChI is InChI=1S/C25H23N5.C2H6/c1-4-6-18-8-9-19(13-23(18)26-3)22-14-21(15-24-25(22)29-12-11-28-24)30-17(2)20-7-5-10-27-16-20;1-2/h4-17,30H,3H2,1-2H3;1-2H3/b6-4-;. The zero-order valence-corrected chi connectivity index (χ0v) is 19.1. The molecule has 0 amide bonds. The number of nitrogens with zero attached hydrogens (tertiary/aromatic N) is 4. The highest BCUT2D eigenvalue weighted by Crippen LogP contribution is 2.34. The Morgan fingerprint density at radius 1 is 1.03 bits per heavy atom. The van der Waals surface area contributed by atoms with Crippen molar-refractivity contribution in [2.75, 3.05) is 5.32 Å². The van der Waals surface area contributed by atoms with Gasteiger partial charge in [-0.05, 0) is 61.5 Å². The summed E-state index contributed by atoms with van der Waals surface area (Å²) in [5.41, 5.74) is 7.67. The van der Waals surface area contributed by atoms with Gasteiger partial charge in [0.1, 0.15) is 0 Å². The monoisotopic (exact) mass is 423 g/mol. The van der Waals surface area contributed by atoms with Gasteiger partial charge in [0.15, 0.2) is 0 Å². The number of aliphatic imine (C=N–C) groups is 1. The van der Waals surface area contributed by atoms with Gasteiger partial charge in [-0.3, -0.25) is 19.9 Å². The van der Waals surface area contributed by atoms with E-state index >= 15 is 0 Å². The average Bonchev–Trinajstić information content (AvgIpc) is 2.85. The zero-order valence-electron chi connectivity index (χ0n) is 19.1. The number of rotatable bonds is 6. The highest BCUT2D eigenvalue weighted by atomic mass is 14.9. The van der Waals surface area contributed by atoms with Crippen molar-refractivity contribution in [3.05, 3.63) is 84.5 Å². The van der Waals surface area contributed by atoms with Crippen LogP contribution in [-0.2, 0) is 0 Å². The molecule has 0 aliphatic heterocycles. The van der Waals surface area contributed by atoms with Gasteiger partial charge in [0, 0.05) is 36.0 Å². The number of fused-ring (bicyclic) bond motifs is 1. The van der Waals surface area contributed by atoms with Crippen LogP contribution >= 0.6 is 0 Å². The normalized spacial score (nSPS) is 11.6. The van der Waals surface area contributed by atoms with Gasteiger partial charge >= 0.3 is 0 Å². The molecule has 0 bridgehead atoms. The summed E-state index contributed by atoms with van der Waals surface area (Å²) in [6, 6.07) is 14.4. The molecule has 2 aromatic carbocycles. The van der Waals surface area contributed by atoms with Crippen molar-refractivity contribution in [3.63, 3.8) is 0 Å². The van der Waals surface area contributed by atoms with E-state index in [4.69, 9.17) is 0 Å². The van der Waals surface area contributed by atoms with Crippen LogP contribution in [0.25, 0.3) is 28.2 Å². The third-order valence-corrected chi connectivity index (χ3v) is 5.00. The minimum absolute atomic E-state index is 0.100. The van der Waals surface area contributed by atoms with Crippen LogP contribution in [-0.4, -0.2) is 21.7 Å². The lowest BCUT2D eigenvalue weighted by Gasteiger charge is -2.17. The number of allylic oxidation sites excluding steroid dienone is 1. The quantitative estimate of drug-likeness (QED) is 0.332. The predicted octanol–water partition coefficient (Wildman–Crippen LogP) is 7.26. The maximum atomic E-state index is 4.59. The molecule has 4 aromatic rings. The molecule has 1 N–H and O–H groups in total. The Bertz CT molecular complexity index is 1220. The molecule has 2 heterocycles. The smallest absolute Gasteiger partial charge is 0.0966 e. The van der Waals surface area contributed by atoms with E-state index < -0.39 is 0 Å². The predicted molar refractivity (Wildman–Crippen MR) is 137 cm³/mol. The lowest BCUT2D eigenvalue weighted by molar-refractivity contribution is 0.876. The van der Waals surface area contributed by atoms with Crippen molar-refractivity contribution in [3.8, 4) is 11.1 Å². The highest BCUT2D eigenvalue weighted by Gasteiger charge is 2.12. The molecular formula is C27H29N5. The first-order chi connectivity index (χ1) is 15.7. The topological polar surface area (TPSA) is 63.1 Å². The summed E-state index contributed by atoms with van der Waals surface area (Å²) >= 11 is 0. The van der Waals surface area contributed by atoms with Gasteiger partial charge in [-0.1, -0.05) is 44.2 Å². The second kappa shape index (κ2) is 11.0. The molecule has 32 heavy (non-hydrogen) atoms. The first kappa shape index (κ1) is 22.8. The Morgan fingerprint density at radius 3 is 2.56 bits per heavy atom. The summed E-state index contributed by atoms with van der Waals surface area (Å²) < 4.78 is 0. The molecule has 4 rings (SSSR count). The average molecular weight is 424 g/mol. The number of hydrogen-bond acceptors (Lipinski definition) is 5. The number of hydrogen-bond donors (Lipinski definition) is 1. The number of pyridine rings is 1. The molecule has 0 saturated carbocycles. The zero-order chi connectivity index (χ0) is 22.9. The van der Waals surface area contributed by atoms with Crippen molar-refractivity contribution in [2.45, 2.75) is 33.7 Å². The van der Waals surface area contributed by atoms with Gasteiger partial charge in [-0.2, -0.15) is 0 Å². The number of nitrogens with one attached hydrogen (secondary N) is 1. The van der Waals surface area contributed by atoms with Crippen LogP contribution in [0.15, 0.2) is 78.3 Å². The van der Waals surface area contributed by atoms with Crippen LogP contribution < -0.4 is 5.32 Å². The molecule has 0 spiro atoms. The molecule has 0 aliphatic carbocycles. The number of benzene rings is 2. The van der Waals surface area contributed by atoms with Crippen LogP contribution in [0.2, 0.25) is 0 Å². The molecule has 0 aliphatic rings. The third-order valence-electron chi connectivity index (χ3n) is 5.00. The van der Waals surface area contributed by atoms with Gasteiger partial charge in [-0.25, -0.2) is 0 Å². The van der Waals surface area contributed by atoms with E-state index in [1.54, 1.807) is 18.6 Å². The Balaban J connectivity index is 0.00000141. The van der Waals surface area contributed by atoms with Crippen molar-refractivity contribution >= 4 is 35.2 Å². The molecule has 162 valence electrons. The maximum absolute atomic E-state index is 4.59. The van der Waals surface area contributed by atoms with E-state index in [0.29, 0.717) is 0 Å². The summed E-state index contributed by atoms with van der Waals surface area (Å²) in [6.45, 7) is 11.8. The van der Waals surface area contributed by atoms with E-state index in [9.17, 15) is 0 Å². The third kappa shape index (κ3) is 5.06. The fourth-order valence-electron chi connectivity index (χ4n) is 3.51. The van der Waals surface area contributed by atoms with Gasteiger partial charge in [0.25, 0.3) is 0 Å². The maximum Gasteiger partial charge on any atom is 0.0966 e. The van der Waals surface area contributed by atoms with Gasteiger partial charge in [0.05, 0.1) is 22.8 Å².